The van der Waals surface area contributed by atoms with Crippen molar-refractivity contribution in [1.82, 2.24) is 0 Å². The van der Waals surface area contributed by atoms with Gasteiger partial charge in [-0.05, 0) is 6.42 Å². The lowest BCUT2D eigenvalue weighted by Crippen LogP contribution is -2.43. The van der Waals surface area contributed by atoms with E-state index >= 15 is 0 Å². The Balaban J connectivity index is 2.52. The van der Waals surface area contributed by atoms with Gasteiger partial charge in [-0.3, -0.25) is 13.8 Å². The quantitative estimate of drug-likeness (QED) is 0.0967. The summed E-state index contributed by atoms with van der Waals surface area (Å²) in [5, 5.41) is 0. The van der Waals surface area contributed by atoms with Crippen molar-refractivity contribution in [3.8, 4) is 5.75 Å². The van der Waals surface area contributed by atoms with E-state index in [9.17, 15) is 36.2 Å². The molecule has 0 aliphatic heterocycles. The molecule has 1 rings (SSSR count). The van der Waals surface area contributed by atoms with Crippen LogP contribution in [0.25, 0.3) is 0 Å². The van der Waals surface area contributed by atoms with Gasteiger partial charge in [0.1, 0.15) is 13.2 Å². The molecule has 0 saturated carbocycles. The minimum atomic E-state index is -4.14. The number of phosphoric acid groups is 1. The Morgan fingerprint density at radius 3 is 1.97 bits per heavy atom. The first kappa shape index (κ1) is 26.4. The number of halogens is 5. The lowest BCUT2D eigenvalue weighted by atomic mass is 10.2. The van der Waals surface area contributed by atoms with E-state index < -0.39 is 48.6 Å². The second kappa shape index (κ2) is 11.1. The third kappa shape index (κ3) is 7.92. The summed E-state index contributed by atoms with van der Waals surface area (Å²) in [5.74, 6) is -14.1. The van der Waals surface area contributed by atoms with Gasteiger partial charge in [-0.25, -0.2) is 17.7 Å². The molecule has 0 saturated heterocycles. The summed E-state index contributed by atoms with van der Waals surface area (Å²) in [4.78, 5) is 21.2. The van der Waals surface area contributed by atoms with Crippen LogP contribution in [0.5, 0.6) is 5.75 Å². The van der Waals surface area contributed by atoms with Gasteiger partial charge in [0.25, 0.3) is 0 Å². The molecule has 0 aliphatic carbocycles. The highest BCUT2D eigenvalue weighted by atomic mass is 31.2. The Morgan fingerprint density at radius 1 is 0.933 bits per heavy atom. The first-order chi connectivity index (χ1) is 13.8. The highest BCUT2D eigenvalue weighted by molar-refractivity contribution is 7.47. The van der Waals surface area contributed by atoms with Gasteiger partial charge in [0.05, 0.1) is 33.7 Å². The second-order valence-electron chi connectivity index (χ2n) is 6.99. The first-order valence-corrected chi connectivity index (χ1v) is 10.5. The monoisotopic (exact) mass is 464 g/mol. The van der Waals surface area contributed by atoms with Gasteiger partial charge in [0.15, 0.2) is 0 Å². The van der Waals surface area contributed by atoms with Gasteiger partial charge in [0, 0.05) is 6.42 Å². The lowest BCUT2D eigenvalue weighted by molar-refractivity contribution is -0.890. The highest BCUT2D eigenvalue weighted by Crippen LogP contribution is 2.43. The Morgan fingerprint density at radius 2 is 1.43 bits per heavy atom. The summed E-state index contributed by atoms with van der Waals surface area (Å²) >= 11 is 0. The number of phosphoric ester groups is 1. The summed E-state index contributed by atoms with van der Waals surface area (Å²) in [7, 11) is -0.680. The Hall–Kier alpha value is -1.59. The van der Waals surface area contributed by atoms with Crippen LogP contribution in [0.4, 0.5) is 22.0 Å². The van der Waals surface area contributed by atoms with Crippen molar-refractivity contribution in [2.24, 2.45) is 0 Å². The van der Waals surface area contributed by atoms with Crippen molar-refractivity contribution in [3.05, 3.63) is 29.1 Å². The molecule has 172 valence electrons. The summed E-state index contributed by atoms with van der Waals surface area (Å²) < 4.78 is 91.9. The number of benzene rings is 1. The Labute approximate surface area is 170 Å². The van der Waals surface area contributed by atoms with Crippen LogP contribution in [0.2, 0.25) is 0 Å². The van der Waals surface area contributed by atoms with E-state index in [1.807, 2.05) is 0 Å². The summed E-state index contributed by atoms with van der Waals surface area (Å²) in [6, 6.07) is 0. The number of carbonyl (C=O) groups is 1. The maximum absolute atomic E-state index is 13.5. The van der Waals surface area contributed by atoms with Crippen molar-refractivity contribution in [2.75, 3.05) is 40.4 Å². The van der Waals surface area contributed by atoms with Gasteiger partial charge in [-0.2, -0.15) is 8.78 Å². The fraction of sp³-hybridized carbons (Fsp3) is 0.588. The van der Waals surface area contributed by atoms with E-state index in [2.05, 4.69) is 9.26 Å². The molecule has 7 nitrogen and oxygen atoms in total. The second-order valence-corrected chi connectivity index (χ2v) is 8.45. The highest BCUT2D eigenvalue weighted by Gasteiger charge is 2.29. The Bertz CT molecular complexity index is 778. The smallest absolute Gasteiger partial charge is 0.420 e. The van der Waals surface area contributed by atoms with E-state index in [0.717, 1.165) is 0 Å². The molecule has 0 aromatic heterocycles. The molecule has 1 aromatic rings. The fourth-order valence-electron chi connectivity index (χ4n) is 2.25. The van der Waals surface area contributed by atoms with Gasteiger partial charge < -0.3 is 14.1 Å². The number of nitrogens with zero attached hydrogens (tertiary/aromatic N) is 1. The molecule has 13 heteroatoms. The van der Waals surface area contributed by atoms with Gasteiger partial charge in [-0.15, -0.1) is 0 Å². The van der Waals surface area contributed by atoms with Gasteiger partial charge >= 0.3 is 13.8 Å². The summed E-state index contributed by atoms with van der Waals surface area (Å²) in [5.41, 5.74) is 0. The van der Waals surface area contributed by atoms with Crippen molar-refractivity contribution in [1.29, 1.82) is 0 Å². The molecular weight excluding hydrogens is 440 g/mol. The van der Waals surface area contributed by atoms with Crippen LogP contribution < -0.4 is 4.74 Å². The molecule has 1 unspecified atom stereocenters. The van der Waals surface area contributed by atoms with Crippen LogP contribution in [-0.2, 0) is 18.4 Å². The van der Waals surface area contributed by atoms with E-state index in [0.29, 0.717) is 13.0 Å². The maximum Gasteiger partial charge on any atom is 0.472 e. The topological polar surface area (TPSA) is 82.1 Å². The SMILES string of the molecule is CCCOP(=O)(O)OCC[N+](C)(C)CCCC(=O)Oc1c(F)c(F)c(F)c(F)c1F. The third-order valence-corrected chi connectivity index (χ3v) is 4.96. The Kier molecular flexibility index (Phi) is 9.83. The number of rotatable bonds is 12. The predicted octanol–water partition coefficient (Wildman–Crippen LogP) is 3.69. The molecule has 30 heavy (non-hydrogen) atoms. The summed E-state index contributed by atoms with van der Waals surface area (Å²) in [6.07, 6.45) is 0.320. The predicted molar refractivity (Wildman–Crippen MR) is 95.0 cm³/mol. The summed E-state index contributed by atoms with van der Waals surface area (Å²) in [6.45, 7) is 2.31. The van der Waals surface area contributed by atoms with Crippen LogP contribution >= 0.6 is 7.82 Å². The molecule has 0 heterocycles. The molecule has 1 aromatic carbocycles. The molecule has 0 radical (unpaired) electrons. The average molecular weight is 464 g/mol. The first-order valence-electron chi connectivity index (χ1n) is 8.97. The fourth-order valence-corrected chi connectivity index (χ4v) is 3.05. The zero-order valence-electron chi connectivity index (χ0n) is 16.7. The van der Waals surface area contributed by atoms with Crippen LogP contribution in [0.15, 0.2) is 0 Å². The number of hydrogen-bond acceptors (Lipinski definition) is 5. The van der Waals surface area contributed by atoms with Gasteiger partial charge in [-0.1, -0.05) is 6.92 Å². The standard InChI is InChI=1S/C17H23F5NO6P/c1-4-9-27-30(25,26)28-10-8-23(2,3)7-5-6-11(24)29-17-15(21)13(19)12(18)14(20)16(17)22/h4-10H2,1-3H3/p+1. The van der Waals surface area contributed by atoms with Crippen molar-refractivity contribution >= 4 is 13.8 Å². The number of carbonyl (C=O) groups excluding carboxylic acids is 1. The van der Waals surface area contributed by atoms with E-state index in [1.54, 1.807) is 21.0 Å². The number of quaternary nitrogens is 1. The molecule has 0 bridgehead atoms. The number of likely N-dealkylation sites (N-methyl/N-ethyl adjacent to an activating group) is 1. The van der Waals surface area contributed by atoms with E-state index in [1.165, 1.54) is 0 Å². The third-order valence-electron chi connectivity index (χ3n) is 3.94. The molecule has 0 spiro atoms. The van der Waals surface area contributed by atoms with Crippen molar-refractivity contribution in [2.45, 2.75) is 26.2 Å². The minimum absolute atomic E-state index is 0.0666. The normalized spacial score (nSPS) is 13.9. The molecule has 1 atom stereocenters. The minimum Gasteiger partial charge on any atom is -0.420 e. The van der Waals surface area contributed by atoms with Crippen LogP contribution in [0, 0.1) is 29.1 Å². The zero-order chi connectivity index (χ0) is 23.1. The van der Waals surface area contributed by atoms with E-state index in [-0.39, 0.29) is 37.1 Å². The average Bonchev–Trinajstić information content (AvgIpc) is 2.66. The maximum atomic E-state index is 13.5. The van der Waals surface area contributed by atoms with E-state index in [4.69, 9.17) is 4.52 Å². The number of esters is 1. The zero-order valence-corrected chi connectivity index (χ0v) is 17.6. The van der Waals surface area contributed by atoms with Crippen LogP contribution in [0.1, 0.15) is 26.2 Å². The molecule has 0 fully saturated rings. The molecular formula is C17H24F5NO6P+. The van der Waals surface area contributed by atoms with Crippen LogP contribution in [0.3, 0.4) is 0 Å². The molecule has 0 amide bonds. The van der Waals surface area contributed by atoms with Crippen LogP contribution in [-0.4, -0.2) is 55.7 Å². The van der Waals surface area contributed by atoms with Crippen molar-refractivity contribution in [3.63, 3.8) is 0 Å². The largest absolute Gasteiger partial charge is 0.472 e. The number of hydrogen-bond donors (Lipinski definition) is 1. The lowest BCUT2D eigenvalue weighted by Gasteiger charge is -2.29. The van der Waals surface area contributed by atoms with Crippen molar-refractivity contribution < 1.29 is 54.5 Å². The molecule has 1 N–H and O–H groups in total. The molecule has 0 aliphatic rings. The van der Waals surface area contributed by atoms with Gasteiger partial charge in [0.2, 0.25) is 34.8 Å². The number of ether oxygens (including phenoxy) is 1.